The van der Waals surface area contributed by atoms with Gasteiger partial charge in [0, 0.05) is 16.3 Å². The Bertz CT molecular complexity index is 488. The number of rotatable bonds is 9. The molecule has 0 spiro atoms. The maximum atomic E-state index is 12.3. The molecule has 0 saturated carbocycles. The predicted molar refractivity (Wildman–Crippen MR) is 95.1 cm³/mol. The molecule has 0 aliphatic carbocycles. The Kier molecular flexibility index (Phi) is 8.42. The highest BCUT2D eigenvalue weighted by Crippen LogP contribution is 2.23. The van der Waals surface area contributed by atoms with Crippen LogP contribution in [0.3, 0.4) is 0 Å². The van der Waals surface area contributed by atoms with Gasteiger partial charge in [0.2, 0.25) is 0 Å². The number of aliphatic carboxylic acids is 1. The van der Waals surface area contributed by atoms with Gasteiger partial charge in [-0.15, -0.1) is 16.5 Å². The summed E-state index contributed by atoms with van der Waals surface area (Å²) in [5, 5.41) is 8.70. The molecule has 1 unspecified atom stereocenters. The van der Waals surface area contributed by atoms with Crippen LogP contribution in [0.15, 0.2) is 29.2 Å². The monoisotopic (exact) mass is 359 g/mol. The van der Waals surface area contributed by atoms with Gasteiger partial charge in [0.15, 0.2) is 0 Å². The number of carbonyl (C=O) groups is 1. The summed E-state index contributed by atoms with van der Waals surface area (Å²) in [6, 6.07) is 7.61. The normalized spacial score (nSPS) is 14.5. The fraction of sp³-hybridized carbons (Fsp3) is 0.562. The van der Waals surface area contributed by atoms with Crippen LogP contribution in [0, 0.1) is 0 Å². The number of hydrogen-bond acceptors (Lipinski definition) is 5. The van der Waals surface area contributed by atoms with Crippen molar-refractivity contribution < 1.29 is 19.2 Å². The lowest BCUT2D eigenvalue weighted by atomic mass is 10.1. The van der Waals surface area contributed by atoms with E-state index in [1.54, 1.807) is 11.8 Å². The maximum absolute atomic E-state index is 12.3. The molecule has 0 saturated heterocycles. The Balaban J connectivity index is 2.82. The summed E-state index contributed by atoms with van der Waals surface area (Å²) in [4.78, 5) is 11.8. The molecule has 0 radical (unpaired) electrons. The van der Waals surface area contributed by atoms with Crippen molar-refractivity contribution in [2.24, 2.45) is 0 Å². The Labute approximate surface area is 145 Å². The van der Waals surface area contributed by atoms with Crippen molar-refractivity contribution in [1.29, 1.82) is 0 Å². The smallest absolute Gasteiger partial charge is 0.329 e. The third kappa shape index (κ3) is 7.58. The first-order valence-corrected chi connectivity index (χ1v) is 9.58. The molecule has 1 aromatic carbocycles. The molecular formula is C16H25NO4S2. The molecule has 2 N–H and O–H groups in total. The summed E-state index contributed by atoms with van der Waals surface area (Å²) in [5.41, 5.74) is 0.924. The summed E-state index contributed by atoms with van der Waals surface area (Å²) in [7, 11) is 0. The first-order chi connectivity index (χ1) is 10.7. The molecule has 5 nitrogen and oxygen atoms in total. The third-order valence-electron chi connectivity index (χ3n) is 2.91. The minimum Gasteiger partial charge on any atom is -0.598 e. The van der Waals surface area contributed by atoms with Gasteiger partial charge in [-0.05, 0) is 44.2 Å². The predicted octanol–water partition coefficient (Wildman–Crippen LogP) is 2.99. The number of carboxylic acid groups (broad SMARTS) is 1. The van der Waals surface area contributed by atoms with Crippen molar-refractivity contribution in [3.05, 3.63) is 29.8 Å². The summed E-state index contributed by atoms with van der Waals surface area (Å²) in [5.74, 6) is -0.0213. The van der Waals surface area contributed by atoms with Gasteiger partial charge in [-0.2, -0.15) is 0 Å². The standard InChI is InChI=1S/C16H25NO4S2/c1-5-22-13-8-6-12(7-9-13)14(10-21-11-15(18)19)17-23(20)16(2,3)4/h6-9,14,17H,5,10-11H2,1-4H3,(H,18,19)/t14?,23-/m1/s1. The van der Waals surface area contributed by atoms with Crippen LogP contribution in [0.25, 0.3) is 0 Å². The summed E-state index contributed by atoms with van der Waals surface area (Å²) >= 11 is 0.473. The van der Waals surface area contributed by atoms with Gasteiger partial charge < -0.3 is 14.4 Å². The summed E-state index contributed by atoms with van der Waals surface area (Å²) in [6.45, 7) is 7.51. The fourth-order valence-corrected chi connectivity index (χ4v) is 3.21. The quantitative estimate of drug-likeness (QED) is 0.521. The number of hydrogen-bond donors (Lipinski definition) is 2. The molecule has 0 heterocycles. The molecule has 0 aromatic heterocycles. The topological polar surface area (TPSA) is 81.6 Å². The van der Waals surface area contributed by atoms with E-state index in [9.17, 15) is 9.35 Å². The first kappa shape index (κ1) is 20.3. The molecule has 0 aliphatic rings. The van der Waals surface area contributed by atoms with Crippen molar-refractivity contribution in [3.8, 4) is 0 Å². The molecule has 130 valence electrons. The van der Waals surface area contributed by atoms with E-state index in [-0.39, 0.29) is 19.3 Å². The van der Waals surface area contributed by atoms with E-state index in [0.29, 0.717) is 0 Å². The maximum Gasteiger partial charge on any atom is 0.329 e. The number of nitrogens with one attached hydrogen (secondary N) is 1. The zero-order valence-electron chi connectivity index (χ0n) is 14.0. The molecule has 2 atom stereocenters. The van der Waals surface area contributed by atoms with Crippen molar-refractivity contribution in [2.75, 3.05) is 19.0 Å². The van der Waals surface area contributed by atoms with Crippen molar-refractivity contribution in [1.82, 2.24) is 4.72 Å². The van der Waals surface area contributed by atoms with Crippen LogP contribution in [0.5, 0.6) is 0 Å². The molecule has 1 aromatic rings. The molecule has 23 heavy (non-hydrogen) atoms. The van der Waals surface area contributed by atoms with Crippen LogP contribution in [0.2, 0.25) is 0 Å². The van der Waals surface area contributed by atoms with Crippen molar-refractivity contribution in [3.63, 3.8) is 0 Å². The van der Waals surface area contributed by atoms with E-state index in [1.165, 1.54) is 4.90 Å². The van der Waals surface area contributed by atoms with Crippen molar-refractivity contribution in [2.45, 2.75) is 43.4 Å². The van der Waals surface area contributed by atoms with E-state index < -0.39 is 22.1 Å². The van der Waals surface area contributed by atoms with Gasteiger partial charge >= 0.3 is 5.97 Å². The highest BCUT2D eigenvalue weighted by Gasteiger charge is 2.30. The fourth-order valence-electron chi connectivity index (χ4n) is 1.73. The van der Waals surface area contributed by atoms with Gasteiger partial charge in [-0.1, -0.05) is 19.1 Å². The highest BCUT2D eigenvalue weighted by atomic mass is 32.2. The molecule has 1 rings (SSSR count). The zero-order chi connectivity index (χ0) is 17.5. The molecule has 0 bridgehead atoms. The van der Waals surface area contributed by atoms with Gasteiger partial charge in [0.05, 0.1) is 6.61 Å². The number of carboxylic acids is 1. The average molecular weight is 360 g/mol. The van der Waals surface area contributed by atoms with E-state index in [2.05, 4.69) is 11.6 Å². The molecule has 0 aliphatic heterocycles. The third-order valence-corrected chi connectivity index (χ3v) is 5.41. The van der Waals surface area contributed by atoms with Gasteiger partial charge in [-0.25, -0.2) is 4.79 Å². The lowest BCUT2D eigenvalue weighted by Gasteiger charge is -2.28. The largest absolute Gasteiger partial charge is 0.598 e. The van der Waals surface area contributed by atoms with Crippen LogP contribution >= 0.6 is 11.8 Å². The summed E-state index contributed by atoms with van der Waals surface area (Å²) in [6.07, 6.45) is 0. The number of thioether (sulfide) groups is 1. The Hall–Kier alpha value is -0.730. The van der Waals surface area contributed by atoms with Crippen molar-refractivity contribution >= 4 is 29.1 Å². The van der Waals surface area contributed by atoms with Gasteiger partial charge in [-0.3, -0.25) is 0 Å². The Morgan fingerprint density at radius 2 is 2.00 bits per heavy atom. The first-order valence-electron chi connectivity index (χ1n) is 7.44. The highest BCUT2D eigenvalue weighted by molar-refractivity contribution is 7.99. The molecule has 7 heteroatoms. The lowest BCUT2D eigenvalue weighted by Crippen LogP contribution is -2.42. The average Bonchev–Trinajstić information content (AvgIpc) is 2.46. The molecular weight excluding hydrogens is 334 g/mol. The second-order valence-corrected chi connectivity index (χ2v) is 9.30. The van der Waals surface area contributed by atoms with Crippen LogP contribution in [0.4, 0.5) is 0 Å². The molecule has 0 fully saturated rings. The van der Waals surface area contributed by atoms with Gasteiger partial charge in [0.1, 0.15) is 17.4 Å². The minimum absolute atomic E-state index is 0.147. The Morgan fingerprint density at radius 1 is 1.39 bits per heavy atom. The second-order valence-electron chi connectivity index (χ2n) is 5.96. The van der Waals surface area contributed by atoms with Crippen LogP contribution in [0.1, 0.15) is 39.3 Å². The van der Waals surface area contributed by atoms with Crippen LogP contribution in [-0.2, 0) is 20.9 Å². The summed E-state index contributed by atoms with van der Waals surface area (Å²) < 4.78 is 20.2. The lowest BCUT2D eigenvalue weighted by molar-refractivity contribution is -0.142. The minimum atomic E-state index is -1.27. The van der Waals surface area contributed by atoms with E-state index >= 15 is 0 Å². The SMILES string of the molecule is CCSc1ccc(C(COCC(=O)O)N[S@+]([O-])C(C)(C)C)cc1. The zero-order valence-corrected chi connectivity index (χ0v) is 15.6. The van der Waals surface area contributed by atoms with Crippen LogP contribution in [-0.4, -0.2) is 39.3 Å². The van der Waals surface area contributed by atoms with Gasteiger partial charge in [0.25, 0.3) is 0 Å². The van der Waals surface area contributed by atoms with E-state index in [4.69, 9.17) is 9.84 Å². The molecule has 0 amide bonds. The van der Waals surface area contributed by atoms with E-state index in [1.807, 2.05) is 45.0 Å². The number of benzene rings is 1. The Morgan fingerprint density at radius 3 is 2.48 bits per heavy atom. The van der Waals surface area contributed by atoms with Crippen LogP contribution < -0.4 is 4.72 Å². The second kappa shape index (κ2) is 9.54. The number of ether oxygens (including phenoxy) is 1. The van der Waals surface area contributed by atoms with E-state index in [0.717, 1.165) is 11.3 Å².